The second kappa shape index (κ2) is 8.78. The first-order valence-electron chi connectivity index (χ1n) is 9.16. The molecular formula is C19H22N4O4S3. The molecule has 1 amide bonds. The van der Waals surface area contributed by atoms with E-state index in [1.807, 2.05) is 6.92 Å². The Labute approximate surface area is 182 Å². The molecule has 0 radical (unpaired) electrons. The molecule has 0 unspecified atom stereocenters. The summed E-state index contributed by atoms with van der Waals surface area (Å²) in [6.45, 7) is 6.06. The first-order valence-corrected chi connectivity index (χ1v) is 12.5. The first kappa shape index (κ1) is 22.3. The fourth-order valence-electron chi connectivity index (χ4n) is 2.66. The van der Waals surface area contributed by atoms with Gasteiger partial charge in [0.05, 0.1) is 9.10 Å². The van der Waals surface area contributed by atoms with Crippen molar-refractivity contribution in [1.29, 1.82) is 0 Å². The van der Waals surface area contributed by atoms with E-state index in [4.69, 9.17) is 5.73 Å². The number of thioether (sulfide) groups is 1. The van der Waals surface area contributed by atoms with Crippen LogP contribution in [0.25, 0.3) is 5.69 Å². The first-order chi connectivity index (χ1) is 14.1. The number of anilines is 1. The Morgan fingerprint density at radius 2 is 1.97 bits per heavy atom. The molecule has 0 atom stereocenters. The summed E-state index contributed by atoms with van der Waals surface area (Å²) in [6, 6.07) is 6.31. The normalized spacial score (nSPS) is 11.9. The van der Waals surface area contributed by atoms with Gasteiger partial charge in [0.25, 0.3) is 15.9 Å². The van der Waals surface area contributed by atoms with E-state index in [-0.39, 0.29) is 22.1 Å². The molecule has 0 saturated carbocycles. The lowest BCUT2D eigenvalue weighted by Gasteiger charge is -2.14. The number of carbonyl (C=O) groups is 1. The van der Waals surface area contributed by atoms with Gasteiger partial charge < -0.3 is 5.73 Å². The van der Waals surface area contributed by atoms with E-state index in [2.05, 4.69) is 23.6 Å². The van der Waals surface area contributed by atoms with E-state index in [9.17, 15) is 18.0 Å². The highest BCUT2D eigenvalue weighted by Gasteiger charge is 2.28. The van der Waals surface area contributed by atoms with E-state index in [1.165, 1.54) is 40.6 Å². The molecule has 0 spiro atoms. The second-order valence-corrected chi connectivity index (χ2v) is 11.1. The molecule has 1 aromatic rings. The van der Waals surface area contributed by atoms with Crippen LogP contribution in [0.3, 0.4) is 0 Å². The Morgan fingerprint density at radius 3 is 2.57 bits per heavy atom. The maximum Gasteiger partial charge on any atom is 0.355 e. The number of hydrogen-bond donors (Lipinski definition) is 2. The van der Waals surface area contributed by atoms with Crippen LogP contribution in [0, 0.1) is 12.8 Å². The van der Waals surface area contributed by atoms with Crippen molar-refractivity contribution in [1.82, 2.24) is 9.55 Å². The van der Waals surface area contributed by atoms with E-state index in [0.717, 1.165) is 22.3 Å². The highest BCUT2D eigenvalue weighted by molar-refractivity contribution is 8.01. The molecule has 3 rings (SSSR count). The highest BCUT2D eigenvalue weighted by atomic mass is 32.2. The lowest BCUT2D eigenvalue weighted by atomic mass is 10.2. The molecule has 3 N–H and O–H groups in total. The van der Waals surface area contributed by atoms with Crippen molar-refractivity contribution in [2.75, 3.05) is 10.5 Å². The predicted octanol–water partition coefficient (Wildman–Crippen LogP) is 3.08. The lowest BCUT2D eigenvalue weighted by molar-refractivity contribution is 0.0993. The van der Waals surface area contributed by atoms with Crippen LogP contribution in [0.1, 0.15) is 36.3 Å². The standard InChI is InChI=1S/C19H22N4O4S3/c1-11(2)8-9-28-18-15-17(21-19(25)23(15)14(10-29-18)16(20)24)22-30(26,27)13-6-4-12(3)5-7-13/h4-7,10-11H,8-9H2,1-3H3,(H2,20,24)(H,21,22,25). The number of nitrogens with one attached hydrogen (secondary N) is 1. The number of aromatic nitrogens is 2. The highest BCUT2D eigenvalue weighted by Crippen LogP contribution is 2.37. The lowest BCUT2D eigenvalue weighted by Crippen LogP contribution is -2.25. The Hall–Kier alpha value is -2.37. The fraction of sp³-hybridized carbons (Fsp3) is 0.316. The number of carbonyl (C=O) groups excluding carboxylic acids is 1. The third-order valence-corrected chi connectivity index (χ3v) is 7.94. The summed E-state index contributed by atoms with van der Waals surface area (Å²) in [5.41, 5.74) is 5.77. The van der Waals surface area contributed by atoms with Crippen LogP contribution in [-0.2, 0) is 10.0 Å². The molecule has 2 heterocycles. The quantitative estimate of drug-likeness (QED) is 0.492. The van der Waals surface area contributed by atoms with Crippen molar-refractivity contribution in [3.63, 3.8) is 0 Å². The summed E-state index contributed by atoms with van der Waals surface area (Å²) in [7, 11) is -3.98. The summed E-state index contributed by atoms with van der Waals surface area (Å²) < 4.78 is 29.8. The van der Waals surface area contributed by atoms with E-state index in [0.29, 0.717) is 10.1 Å². The monoisotopic (exact) mass is 466 g/mol. The van der Waals surface area contributed by atoms with Gasteiger partial charge in [0, 0.05) is 5.38 Å². The predicted molar refractivity (Wildman–Crippen MR) is 120 cm³/mol. The molecule has 8 nitrogen and oxygen atoms in total. The minimum atomic E-state index is -3.98. The molecule has 0 aromatic heterocycles. The number of nitrogens with two attached hydrogens (primary N) is 1. The zero-order valence-corrected chi connectivity index (χ0v) is 19.2. The maximum atomic E-state index is 12.8. The summed E-state index contributed by atoms with van der Waals surface area (Å²) in [4.78, 5) is 28.3. The maximum absolute atomic E-state index is 12.8. The van der Waals surface area contributed by atoms with Gasteiger partial charge in [-0.2, -0.15) is 4.98 Å². The third kappa shape index (κ3) is 4.68. The van der Waals surface area contributed by atoms with E-state index in [1.54, 1.807) is 12.1 Å². The molecule has 11 heteroatoms. The van der Waals surface area contributed by atoms with Gasteiger partial charge in [0.1, 0.15) is 11.4 Å². The van der Waals surface area contributed by atoms with Gasteiger partial charge in [0.15, 0.2) is 5.82 Å². The average molecular weight is 467 g/mol. The number of benzene rings is 1. The SMILES string of the molecule is Cc1ccc(S(=O)(=O)Nc2nc(=O)n3c(C(N)=O)csc(SCCC(C)C)c2-3)cc1. The van der Waals surface area contributed by atoms with Crippen molar-refractivity contribution in [3.8, 4) is 5.69 Å². The Balaban J connectivity index is 2.08. The van der Waals surface area contributed by atoms with Crippen LogP contribution in [0.5, 0.6) is 0 Å². The van der Waals surface area contributed by atoms with Crippen molar-refractivity contribution in [2.45, 2.75) is 36.3 Å². The number of aryl methyl sites for hydroxylation is 1. The molecule has 0 saturated heterocycles. The summed E-state index contributed by atoms with van der Waals surface area (Å²) in [5.74, 6) is 0.343. The zero-order chi connectivity index (χ0) is 22.1. The van der Waals surface area contributed by atoms with Gasteiger partial charge in [-0.05, 0) is 37.1 Å². The van der Waals surface area contributed by atoms with Crippen LogP contribution in [0.2, 0.25) is 0 Å². The van der Waals surface area contributed by atoms with Gasteiger partial charge in [-0.25, -0.2) is 17.8 Å². The smallest absolute Gasteiger partial charge is 0.355 e. The van der Waals surface area contributed by atoms with Crippen LogP contribution in [0.15, 0.2) is 43.5 Å². The molecule has 2 aliphatic rings. The Morgan fingerprint density at radius 1 is 1.30 bits per heavy atom. The molecule has 30 heavy (non-hydrogen) atoms. The van der Waals surface area contributed by atoms with Crippen LogP contribution in [0.4, 0.5) is 5.82 Å². The van der Waals surface area contributed by atoms with Crippen molar-refractivity contribution in [3.05, 3.63) is 51.4 Å². The molecule has 2 aliphatic heterocycles. The number of nitrogens with zero attached hydrogens (tertiary/aromatic N) is 2. The summed E-state index contributed by atoms with van der Waals surface area (Å²) in [5, 5.41) is 1.49. The molecule has 1 aromatic carbocycles. The third-order valence-electron chi connectivity index (χ3n) is 4.30. The van der Waals surface area contributed by atoms with Gasteiger partial charge in [-0.15, -0.1) is 23.1 Å². The zero-order valence-electron chi connectivity index (χ0n) is 16.7. The number of imidazole rings is 1. The summed E-state index contributed by atoms with van der Waals surface area (Å²) in [6.07, 6.45) is 0.934. The second-order valence-electron chi connectivity index (χ2n) is 7.15. The van der Waals surface area contributed by atoms with E-state index < -0.39 is 21.6 Å². The largest absolute Gasteiger partial charge is 0.364 e. The minimum Gasteiger partial charge on any atom is -0.364 e. The molecule has 0 bridgehead atoms. The van der Waals surface area contributed by atoms with Gasteiger partial charge in [-0.3, -0.25) is 9.52 Å². The molecule has 0 aliphatic carbocycles. The van der Waals surface area contributed by atoms with E-state index >= 15 is 0 Å². The van der Waals surface area contributed by atoms with Crippen LogP contribution >= 0.6 is 23.1 Å². The fourth-order valence-corrected chi connectivity index (χ4v) is 6.18. The number of hydrogen-bond acceptors (Lipinski definition) is 7. The summed E-state index contributed by atoms with van der Waals surface area (Å²) >= 11 is 2.71. The number of fused-ring (bicyclic) bond motifs is 1. The van der Waals surface area contributed by atoms with Crippen molar-refractivity contribution in [2.24, 2.45) is 11.7 Å². The molecular weight excluding hydrogens is 444 g/mol. The van der Waals surface area contributed by atoms with Crippen LogP contribution < -0.4 is 16.1 Å². The topological polar surface area (TPSA) is 124 Å². The Bertz CT molecular complexity index is 1200. The Kier molecular flexibility index (Phi) is 6.53. The molecule has 0 fully saturated rings. The number of rotatable bonds is 8. The molecule has 160 valence electrons. The van der Waals surface area contributed by atoms with Crippen LogP contribution in [-0.4, -0.2) is 29.6 Å². The number of primary amides is 1. The number of amides is 1. The minimum absolute atomic E-state index is 0.0403. The van der Waals surface area contributed by atoms with Gasteiger partial charge in [-0.1, -0.05) is 31.5 Å². The number of sulfonamides is 1. The average Bonchev–Trinajstić information content (AvgIpc) is 2.97. The van der Waals surface area contributed by atoms with Crippen molar-refractivity contribution >= 4 is 44.8 Å². The van der Waals surface area contributed by atoms with Crippen molar-refractivity contribution < 1.29 is 13.2 Å². The van der Waals surface area contributed by atoms with Gasteiger partial charge >= 0.3 is 5.69 Å². The van der Waals surface area contributed by atoms with Gasteiger partial charge in [0.2, 0.25) is 0 Å².